The summed E-state index contributed by atoms with van der Waals surface area (Å²) in [5.74, 6) is 0.0993. The smallest absolute Gasteiger partial charge is 0.332 e. The maximum atomic E-state index is 11.8. The highest BCUT2D eigenvalue weighted by Gasteiger charge is 2.46. The summed E-state index contributed by atoms with van der Waals surface area (Å²) in [6.45, 7) is 0.141. The zero-order valence-electron chi connectivity index (χ0n) is 9.16. The van der Waals surface area contributed by atoms with Gasteiger partial charge in [-0.2, -0.15) is 0 Å². The zero-order valence-corrected chi connectivity index (χ0v) is 9.16. The predicted octanol–water partition coefficient (Wildman–Crippen LogP) is -2.84. The van der Waals surface area contributed by atoms with Crippen molar-refractivity contribution in [2.24, 2.45) is 0 Å². The number of aliphatic hydroxyl groups excluding tert-OH is 2. The summed E-state index contributed by atoms with van der Waals surface area (Å²) in [6.07, 6.45) is -4.09. The number of ether oxygens (including phenoxy) is 1. The monoisotopic (exact) mass is 256 g/mol. The van der Waals surface area contributed by atoms with Gasteiger partial charge >= 0.3 is 5.69 Å². The molecule has 1 unspecified atom stereocenters. The number of aliphatic hydroxyl groups is 2. The van der Waals surface area contributed by atoms with Crippen LogP contribution in [0.5, 0.6) is 0 Å². The highest BCUT2D eigenvalue weighted by Crippen LogP contribution is 2.34. The number of nitrogens with two attached hydrogens (primary N) is 1. The molecule has 0 aliphatic carbocycles. The molecule has 6 N–H and O–H groups in total. The number of rotatable bonds is 0. The Bertz CT molecular complexity index is 608. The second-order valence-electron chi connectivity index (χ2n) is 4.32. The van der Waals surface area contributed by atoms with Crippen molar-refractivity contribution in [3.05, 3.63) is 20.8 Å². The molecule has 98 valence electrons. The van der Waals surface area contributed by atoms with Crippen LogP contribution < -0.4 is 22.3 Å². The van der Waals surface area contributed by atoms with Gasteiger partial charge in [0.2, 0.25) is 0 Å². The molecule has 1 fully saturated rings. The number of fused-ring (bicyclic) bond motifs is 4. The van der Waals surface area contributed by atoms with E-state index in [2.05, 4.69) is 5.32 Å². The molecule has 1 aromatic rings. The van der Waals surface area contributed by atoms with E-state index in [4.69, 9.17) is 10.5 Å². The fourth-order valence-corrected chi connectivity index (χ4v) is 2.30. The van der Waals surface area contributed by atoms with Gasteiger partial charge in [0.05, 0.1) is 0 Å². The molecular formula is C9H12N4O5. The molecule has 2 aliphatic rings. The first-order chi connectivity index (χ1) is 8.50. The van der Waals surface area contributed by atoms with Crippen molar-refractivity contribution in [3.8, 4) is 0 Å². The van der Waals surface area contributed by atoms with Crippen LogP contribution >= 0.6 is 0 Å². The molecule has 0 saturated carbocycles. The summed E-state index contributed by atoms with van der Waals surface area (Å²) in [7, 11) is 0. The SMILES string of the molecule is Nc1c2n(c(=O)[nH]c1=O)[C@@H]1O[C@H](CN2)[C@H](O)C1O. The molecule has 2 aliphatic heterocycles. The van der Waals surface area contributed by atoms with Crippen molar-refractivity contribution in [1.29, 1.82) is 0 Å². The highest BCUT2D eigenvalue weighted by molar-refractivity contribution is 5.60. The molecule has 9 nitrogen and oxygen atoms in total. The Morgan fingerprint density at radius 2 is 2.06 bits per heavy atom. The van der Waals surface area contributed by atoms with E-state index in [1.54, 1.807) is 0 Å². The summed E-state index contributed by atoms with van der Waals surface area (Å²) in [5.41, 5.74) is 3.97. The second kappa shape index (κ2) is 3.57. The number of hydrogen-bond donors (Lipinski definition) is 5. The predicted molar refractivity (Wildman–Crippen MR) is 60.1 cm³/mol. The number of anilines is 2. The third-order valence-electron chi connectivity index (χ3n) is 3.24. The van der Waals surface area contributed by atoms with Gasteiger partial charge in [-0.25, -0.2) is 9.36 Å². The van der Waals surface area contributed by atoms with Gasteiger partial charge in [0.15, 0.2) is 6.23 Å². The van der Waals surface area contributed by atoms with E-state index >= 15 is 0 Å². The van der Waals surface area contributed by atoms with E-state index in [0.29, 0.717) is 0 Å². The molecule has 4 atom stereocenters. The van der Waals surface area contributed by atoms with Crippen LogP contribution in [0.15, 0.2) is 9.59 Å². The van der Waals surface area contributed by atoms with Crippen molar-refractivity contribution in [3.63, 3.8) is 0 Å². The van der Waals surface area contributed by atoms with E-state index in [0.717, 1.165) is 4.57 Å². The van der Waals surface area contributed by atoms with Crippen molar-refractivity contribution >= 4 is 11.5 Å². The average molecular weight is 256 g/mol. The number of nitrogens with zero attached hydrogens (tertiary/aromatic N) is 1. The van der Waals surface area contributed by atoms with E-state index < -0.39 is 35.8 Å². The van der Waals surface area contributed by atoms with Crippen molar-refractivity contribution < 1.29 is 14.9 Å². The van der Waals surface area contributed by atoms with Gasteiger partial charge in [-0.1, -0.05) is 0 Å². The molecule has 0 radical (unpaired) electrons. The minimum Gasteiger partial charge on any atom is -0.391 e. The lowest BCUT2D eigenvalue weighted by Gasteiger charge is -2.22. The minimum absolute atomic E-state index is 0.0993. The third-order valence-corrected chi connectivity index (χ3v) is 3.24. The van der Waals surface area contributed by atoms with Gasteiger partial charge in [0.1, 0.15) is 29.8 Å². The van der Waals surface area contributed by atoms with Crippen molar-refractivity contribution in [2.45, 2.75) is 24.5 Å². The number of hydrogen-bond acceptors (Lipinski definition) is 7. The average Bonchev–Trinajstić information content (AvgIpc) is 2.54. The lowest BCUT2D eigenvalue weighted by Crippen LogP contribution is -2.42. The van der Waals surface area contributed by atoms with Crippen molar-refractivity contribution in [1.82, 2.24) is 9.55 Å². The van der Waals surface area contributed by atoms with Gasteiger partial charge in [-0.3, -0.25) is 9.78 Å². The van der Waals surface area contributed by atoms with Crippen LogP contribution in [-0.4, -0.2) is 44.6 Å². The normalized spacial score (nSPS) is 33.7. The summed E-state index contributed by atoms with van der Waals surface area (Å²) < 4.78 is 6.38. The maximum Gasteiger partial charge on any atom is 0.332 e. The van der Waals surface area contributed by atoms with Crippen LogP contribution in [0.3, 0.4) is 0 Å². The molecule has 9 heteroatoms. The van der Waals surface area contributed by atoms with Gasteiger partial charge in [0.25, 0.3) is 5.56 Å². The molecule has 0 amide bonds. The first-order valence-electron chi connectivity index (χ1n) is 5.40. The Labute approximate surface area is 99.8 Å². The van der Waals surface area contributed by atoms with Crippen LogP contribution in [0.1, 0.15) is 6.23 Å². The number of nitrogen functional groups attached to an aromatic ring is 1. The summed E-state index contributed by atoms with van der Waals surface area (Å²) >= 11 is 0. The molecule has 3 rings (SSSR count). The van der Waals surface area contributed by atoms with E-state index in [1.165, 1.54) is 0 Å². The van der Waals surface area contributed by atoms with Crippen LogP contribution in [0.4, 0.5) is 11.5 Å². The van der Waals surface area contributed by atoms with Crippen LogP contribution in [0, 0.1) is 0 Å². The molecular weight excluding hydrogens is 244 g/mol. The third kappa shape index (κ3) is 1.32. The van der Waals surface area contributed by atoms with Gasteiger partial charge in [-0.15, -0.1) is 0 Å². The van der Waals surface area contributed by atoms with Crippen LogP contribution in [-0.2, 0) is 4.74 Å². The number of aromatic amines is 1. The van der Waals surface area contributed by atoms with Crippen LogP contribution in [0.25, 0.3) is 0 Å². The summed E-state index contributed by atoms with van der Waals surface area (Å²) in [4.78, 5) is 25.2. The molecule has 0 aromatic carbocycles. The lowest BCUT2D eigenvalue weighted by molar-refractivity contribution is -0.0307. The minimum atomic E-state index is -1.25. The quantitative estimate of drug-likeness (QED) is 0.336. The number of aromatic nitrogens is 2. The van der Waals surface area contributed by atoms with Crippen LogP contribution in [0.2, 0.25) is 0 Å². The fourth-order valence-electron chi connectivity index (χ4n) is 2.30. The first-order valence-corrected chi connectivity index (χ1v) is 5.40. The number of nitrogens with one attached hydrogen (secondary N) is 2. The molecule has 2 bridgehead atoms. The van der Waals surface area contributed by atoms with Gasteiger partial charge in [-0.05, 0) is 0 Å². The zero-order chi connectivity index (χ0) is 13.0. The standard InChI is InChI=1S/C9H12N4O5/c10-3-6-11-1-2-4(14)5(15)8(18-2)13(6)9(17)12-7(3)16/h2,4-5,8,11,14-15H,1,10H2,(H,12,16,17)/t2-,4+,5?,8-/m1/s1. The summed E-state index contributed by atoms with van der Waals surface area (Å²) in [6, 6.07) is 0. The fraction of sp³-hybridized carbons (Fsp3) is 0.556. The van der Waals surface area contributed by atoms with Gasteiger partial charge < -0.3 is 26.0 Å². The molecule has 1 aromatic heterocycles. The Kier molecular flexibility index (Phi) is 2.24. The summed E-state index contributed by atoms with van der Waals surface area (Å²) in [5, 5.41) is 22.3. The van der Waals surface area contributed by atoms with Crippen molar-refractivity contribution in [2.75, 3.05) is 17.6 Å². The second-order valence-corrected chi connectivity index (χ2v) is 4.32. The lowest BCUT2D eigenvalue weighted by atomic mass is 10.1. The van der Waals surface area contributed by atoms with E-state index in [1.807, 2.05) is 4.98 Å². The number of H-pyrrole nitrogens is 1. The Hall–Kier alpha value is -1.84. The molecule has 0 spiro atoms. The topological polar surface area (TPSA) is 143 Å². The molecule has 1 saturated heterocycles. The molecule has 3 heterocycles. The van der Waals surface area contributed by atoms with Gasteiger partial charge in [0, 0.05) is 6.54 Å². The Morgan fingerprint density at radius 1 is 1.33 bits per heavy atom. The maximum absolute atomic E-state index is 11.8. The van der Waals surface area contributed by atoms with E-state index in [-0.39, 0.29) is 18.1 Å². The molecule has 18 heavy (non-hydrogen) atoms. The first kappa shape index (κ1) is 11.3. The Morgan fingerprint density at radius 3 is 2.78 bits per heavy atom. The largest absolute Gasteiger partial charge is 0.391 e. The Balaban J connectivity index is 2.25. The van der Waals surface area contributed by atoms with E-state index in [9.17, 15) is 19.8 Å². The highest BCUT2D eigenvalue weighted by atomic mass is 16.6.